The number of nitrogens with zero attached hydrogens (tertiary/aromatic N) is 3. The highest BCUT2D eigenvalue weighted by atomic mass is 79.9. The molecule has 0 spiro atoms. The Hall–Kier alpha value is -2.67. The van der Waals surface area contributed by atoms with E-state index in [0.29, 0.717) is 17.0 Å². The van der Waals surface area contributed by atoms with Gasteiger partial charge >= 0.3 is 0 Å². The number of aryl methyl sites for hydroxylation is 1. The maximum Gasteiger partial charge on any atom is 0.290 e. The van der Waals surface area contributed by atoms with Crippen LogP contribution in [0.1, 0.15) is 21.7 Å². The molecule has 0 unspecified atom stereocenters. The van der Waals surface area contributed by atoms with Crippen molar-refractivity contribution >= 4 is 33.7 Å². The molecule has 0 aliphatic carbocycles. The number of benzene rings is 1. The first-order valence-corrected chi connectivity index (χ1v) is 7.60. The molecule has 1 amide bonds. The summed E-state index contributed by atoms with van der Waals surface area (Å²) in [5.74, 6) is -0.166. The van der Waals surface area contributed by atoms with Gasteiger partial charge in [-0.2, -0.15) is 5.10 Å². The summed E-state index contributed by atoms with van der Waals surface area (Å²) >= 11 is 3.38. The minimum atomic E-state index is -0.344. The van der Waals surface area contributed by atoms with Crippen LogP contribution in [0.25, 0.3) is 5.65 Å². The molecule has 3 aromatic rings. The van der Waals surface area contributed by atoms with E-state index in [9.17, 15) is 9.90 Å². The van der Waals surface area contributed by atoms with Gasteiger partial charge in [-0.3, -0.25) is 9.20 Å². The molecule has 0 bridgehead atoms. The number of hydrazone groups is 1. The predicted octanol–water partition coefficient (Wildman–Crippen LogP) is 2.87. The Morgan fingerprint density at radius 3 is 2.78 bits per heavy atom. The average molecular weight is 373 g/mol. The number of rotatable bonds is 3. The highest BCUT2D eigenvalue weighted by Crippen LogP contribution is 2.16. The Kier molecular flexibility index (Phi) is 4.12. The summed E-state index contributed by atoms with van der Waals surface area (Å²) in [5.41, 5.74) is 5.01. The second-order valence-electron chi connectivity index (χ2n) is 4.91. The molecule has 6 nitrogen and oxygen atoms in total. The zero-order valence-corrected chi connectivity index (χ0v) is 13.8. The number of carbonyl (C=O) groups is 1. The van der Waals surface area contributed by atoms with Crippen LogP contribution in [0.5, 0.6) is 5.75 Å². The van der Waals surface area contributed by atoms with E-state index in [4.69, 9.17) is 0 Å². The monoisotopic (exact) mass is 372 g/mol. The molecular weight excluding hydrogens is 360 g/mol. The molecule has 0 fully saturated rings. The van der Waals surface area contributed by atoms with Crippen molar-refractivity contribution in [2.24, 2.45) is 5.10 Å². The van der Waals surface area contributed by atoms with Gasteiger partial charge in [0, 0.05) is 10.7 Å². The van der Waals surface area contributed by atoms with Crippen molar-refractivity contribution in [1.29, 1.82) is 0 Å². The van der Waals surface area contributed by atoms with Crippen LogP contribution >= 0.6 is 15.9 Å². The van der Waals surface area contributed by atoms with E-state index < -0.39 is 0 Å². The third-order valence-electron chi connectivity index (χ3n) is 3.24. The molecule has 116 valence electrons. The van der Waals surface area contributed by atoms with Crippen molar-refractivity contribution < 1.29 is 9.90 Å². The quantitative estimate of drug-likeness (QED) is 0.547. The van der Waals surface area contributed by atoms with Crippen molar-refractivity contribution in [3.05, 3.63) is 64.0 Å². The molecule has 0 saturated carbocycles. The molecule has 1 aromatic carbocycles. The number of aromatic hydroxyl groups is 1. The molecule has 2 aromatic heterocycles. The van der Waals surface area contributed by atoms with Gasteiger partial charge in [-0.1, -0.05) is 0 Å². The summed E-state index contributed by atoms with van der Waals surface area (Å²) in [5, 5.41) is 13.2. The SMILES string of the molecule is Cc1nc2ccc(Br)cn2c1C(=O)N/N=C\c1ccc(O)cc1. The first-order valence-electron chi connectivity index (χ1n) is 6.81. The maximum atomic E-state index is 12.4. The van der Waals surface area contributed by atoms with Crippen LogP contribution in [0.4, 0.5) is 0 Å². The van der Waals surface area contributed by atoms with E-state index >= 15 is 0 Å². The largest absolute Gasteiger partial charge is 0.508 e. The number of phenols is 1. The van der Waals surface area contributed by atoms with Crippen LogP contribution in [0, 0.1) is 6.92 Å². The number of aromatic nitrogens is 2. The lowest BCUT2D eigenvalue weighted by molar-refractivity contribution is 0.0948. The Balaban J connectivity index is 1.82. The molecule has 7 heteroatoms. The van der Waals surface area contributed by atoms with Crippen molar-refractivity contribution in [3.63, 3.8) is 0 Å². The molecule has 0 radical (unpaired) electrons. The summed E-state index contributed by atoms with van der Waals surface area (Å²) in [6.07, 6.45) is 3.29. The number of carbonyl (C=O) groups excluding carboxylic acids is 1. The topological polar surface area (TPSA) is 79.0 Å². The smallest absolute Gasteiger partial charge is 0.290 e. The lowest BCUT2D eigenvalue weighted by Crippen LogP contribution is -2.20. The number of halogens is 1. The van der Waals surface area contributed by atoms with Gasteiger partial charge in [0.25, 0.3) is 5.91 Å². The maximum absolute atomic E-state index is 12.4. The van der Waals surface area contributed by atoms with Crippen LogP contribution < -0.4 is 5.43 Å². The molecular formula is C16H13BrN4O2. The summed E-state index contributed by atoms with van der Waals surface area (Å²) in [7, 11) is 0. The minimum Gasteiger partial charge on any atom is -0.508 e. The first kappa shape index (κ1) is 15.2. The second kappa shape index (κ2) is 6.21. The van der Waals surface area contributed by atoms with Crippen LogP contribution in [0.3, 0.4) is 0 Å². The number of phenolic OH excluding ortho intramolecular Hbond substituents is 1. The van der Waals surface area contributed by atoms with E-state index in [1.807, 2.05) is 12.1 Å². The third-order valence-corrected chi connectivity index (χ3v) is 3.71. The second-order valence-corrected chi connectivity index (χ2v) is 5.83. The molecule has 23 heavy (non-hydrogen) atoms. The van der Waals surface area contributed by atoms with Crippen molar-refractivity contribution in [1.82, 2.24) is 14.8 Å². The molecule has 0 aliphatic heterocycles. The Morgan fingerprint density at radius 1 is 1.30 bits per heavy atom. The Bertz CT molecular complexity index is 900. The Morgan fingerprint density at radius 2 is 2.04 bits per heavy atom. The Labute approximate surface area is 140 Å². The molecule has 3 rings (SSSR count). The van der Waals surface area contributed by atoms with Crippen molar-refractivity contribution in [3.8, 4) is 5.75 Å². The van der Waals surface area contributed by atoms with E-state index in [1.165, 1.54) is 6.21 Å². The fourth-order valence-electron chi connectivity index (χ4n) is 2.19. The number of fused-ring (bicyclic) bond motifs is 1. The van der Waals surface area contributed by atoms with Gasteiger partial charge in [0.15, 0.2) is 0 Å². The van der Waals surface area contributed by atoms with E-state index in [1.54, 1.807) is 41.8 Å². The minimum absolute atomic E-state index is 0.179. The zero-order chi connectivity index (χ0) is 16.4. The van der Waals surface area contributed by atoms with Gasteiger partial charge in [-0.05, 0) is 64.8 Å². The summed E-state index contributed by atoms with van der Waals surface area (Å²) in [4.78, 5) is 16.7. The van der Waals surface area contributed by atoms with E-state index in [2.05, 4.69) is 31.4 Å². The van der Waals surface area contributed by atoms with Gasteiger partial charge in [0.1, 0.15) is 17.1 Å². The third kappa shape index (κ3) is 3.24. The number of pyridine rings is 1. The van der Waals surface area contributed by atoms with Crippen LogP contribution in [0.15, 0.2) is 52.2 Å². The standard InChI is InChI=1S/C16H13BrN4O2/c1-10-15(21-9-12(17)4-7-14(21)19-10)16(23)20-18-8-11-2-5-13(22)6-3-11/h2-9,22H,1H3,(H,20,23)/b18-8-. The van der Waals surface area contributed by atoms with Gasteiger partial charge in [-0.15, -0.1) is 0 Å². The molecule has 0 aliphatic rings. The first-order chi connectivity index (χ1) is 11.0. The highest BCUT2D eigenvalue weighted by molar-refractivity contribution is 9.10. The fraction of sp³-hybridized carbons (Fsp3) is 0.0625. The molecule has 2 N–H and O–H groups in total. The lowest BCUT2D eigenvalue weighted by Gasteiger charge is -2.02. The predicted molar refractivity (Wildman–Crippen MR) is 90.8 cm³/mol. The number of hydrogen-bond acceptors (Lipinski definition) is 4. The lowest BCUT2D eigenvalue weighted by atomic mass is 10.2. The van der Waals surface area contributed by atoms with Gasteiger partial charge < -0.3 is 5.11 Å². The van der Waals surface area contributed by atoms with Gasteiger partial charge in [0.2, 0.25) is 0 Å². The van der Waals surface area contributed by atoms with E-state index in [0.717, 1.165) is 10.0 Å². The van der Waals surface area contributed by atoms with Crippen LogP contribution in [-0.4, -0.2) is 26.6 Å². The highest BCUT2D eigenvalue weighted by Gasteiger charge is 2.16. The normalized spacial score (nSPS) is 11.2. The number of imidazole rings is 1. The van der Waals surface area contributed by atoms with Crippen LogP contribution in [-0.2, 0) is 0 Å². The summed E-state index contributed by atoms with van der Waals surface area (Å²) in [6, 6.07) is 10.2. The average Bonchev–Trinajstić information content (AvgIpc) is 2.84. The fourth-order valence-corrected chi connectivity index (χ4v) is 2.53. The van der Waals surface area contributed by atoms with Gasteiger partial charge in [0.05, 0.1) is 11.9 Å². The zero-order valence-electron chi connectivity index (χ0n) is 12.2. The number of hydrogen-bond donors (Lipinski definition) is 2. The molecule has 0 atom stereocenters. The van der Waals surface area contributed by atoms with Crippen molar-refractivity contribution in [2.75, 3.05) is 0 Å². The summed E-state index contributed by atoms with van der Waals surface area (Å²) in [6.45, 7) is 1.78. The van der Waals surface area contributed by atoms with Crippen molar-refractivity contribution in [2.45, 2.75) is 6.92 Å². The van der Waals surface area contributed by atoms with Crippen LogP contribution in [0.2, 0.25) is 0 Å². The number of nitrogens with one attached hydrogen (secondary N) is 1. The summed E-state index contributed by atoms with van der Waals surface area (Å²) < 4.78 is 2.56. The number of amides is 1. The molecule has 0 saturated heterocycles. The van der Waals surface area contributed by atoms with E-state index in [-0.39, 0.29) is 11.7 Å². The van der Waals surface area contributed by atoms with Gasteiger partial charge in [-0.25, -0.2) is 10.4 Å². The molecule has 2 heterocycles.